The van der Waals surface area contributed by atoms with Gasteiger partial charge >= 0.3 is 6.18 Å². The minimum absolute atomic E-state index is 0.00676. The Balaban J connectivity index is 2.57. The van der Waals surface area contributed by atoms with Crippen LogP contribution in [0, 0.1) is 0 Å². The molecule has 0 saturated heterocycles. The lowest BCUT2D eigenvalue weighted by Crippen LogP contribution is -2.44. The highest BCUT2D eigenvalue weighted by atomic mass is 32.2. The summed E-state index contributed by atoms with van der Waals surface area (Å²) in [7, 11) is -4.42. The number of alkyl halides is 3. The second-order valence-electron chi connectivity index (χ2n) is 4.02. The summed E-state index contributed by atoms with van der Waals surface area (Å²) in [6.45, 7) is 0.906. The van der Waals surface area contributed by atoms with Crippen molar-refractivity contribution in [2.45, 2.75) is 29.7 Å². The van der Waals surface area contributed by atoms with Gasteiger partial charge in [-0.15, -0.1) is 0 Å². The molecule has 0 aromatic heterocycles. The highest BCUT2D eigenvalue weighted by Gasteiger charge is 2.52. The topological polar surface area (TPSA) is 43.4 Å². The van der Waals surface area contributed by atoms with Crippen LogP contribution in [0.1, 0.15) is 12.5 Å². The molecule has 1 aliphatic heterocycles. The van der Waals surface area contributed by atoms with Gasteiger partial charge in [-0.2, -0.15) is 13.2 Å². The first-order valence-electron chi connectivity index (χ1n) is 5.33. The smallest absolute Gasteiger partial charge is 0.409 e. The maximum atomic E-state index is 12.7. The zero-order chi connectivity index (χ0) is 13.6. The number of aryl methyl sites for hydroxylation is 1. The van der Waals surface area contributed by atoms with Crippen LogP contribution < -0.4 is 4.74 Å². The molecule has 3 nitrogen and oxygen atoms in total. The van der Waals surface area contributed by atoms with Crippen molar-refractivity contribution in [3.63, 3.8) is 0 Å². The summed E-state index contributed by atoms with van der Waals surface area (Å²) in [5, 5.41) is -2.48. The molecule has 1 aromatic rings. The molecular formula is C11H11F3O3S. The number of halogens is 3. The summed E-state index contributed by atoms with van der Waals surface area (Å²) in [6.07, 6.45) is -4.28. The van der Waals surface area contributed by atoms with Crippen LogP contribution in [0.25, 0.3) is 0 Å². The molecule has 1 aromatic carbocycles. The Hall–Kier alpha value is -1.24. The van der Waals surface area contributed by atoms with Crippen LogP contribution in [0.2, 0.25) is 0 Å². The van der Waals surface area contributed by atoms with Gasteiger partial charge in [-0.3, -0.25) is 0 Å². The highest BCUT2D eigenvalue weighted by Crippen LogP contribution is 2.38. The summed E-state index contributed by atoms with van der Waals surface area (Å²) in [6, 6.07) is 4.29. The van der Waals surface area contributed by atoms with Crippen molar-refractivity contribution < 1.29 is 26.3 Å². The van der Waals surface area contributed by atoms with Gasteiger partial charge < -0.3 is 4.74 Å². The van der Waals surface area contributed by atoms with Gasteiger partial charge in [-0.25, -0.2) is 8.42 Å². The number of benzene rings is 1. The quantitative estimate of drug-likeness (QED) is 0.793. The molecule has 100 valence electrons. The van der Waals surface area contributed by atoms with E-state index in [1.807, 2.05) is 0 Å². The van der Waals surface area contributed by atoms with Crippen molar-refractivity contribution in [2.24, 2.45) is 0 Å². The number of hydrogen-bond donors (Lipinski definition) is 0. The molecule has 1 atom stereocenters. The lowest BCUT2D eigenvalue weighted by atomic mass is 10.2. The molecule has 1 heterocycles. The largest absolute Gasteiger partial charge is 0.490 e. The average Bonchev–Trinajstić information content (AvgIpc) is 2.26. The van der Waals surface area contributed by atoms with Crippen molar-refractivity contribution in [3.8, 4) is 5.75 Å². The second-order valence-corrected chi connectivity index (χ2v) is 6.12. The molecule has 1 unspecified atom stereocenters. The highest BCUT2D eigenvalue weighted by molar-refractivity contribution is 7.92. The van der Waals surface area contributed by atoms with E-state index < -0.39 is 27.9 Å². The zero-order valence-corrected chi connectivity index (χ0v) is 10.3. The molecule has 18 heavy (non-hydrogen) atoms. The summed E-state index contributed by atoms with van der Waals surface area (Å²) in [4.78, 5) is -0.365. The summed E-state index contributed by atoms with van der Waals surface area (Å²) in [5.41, 5.74) is 0.656. The molecule has 2 rings (SSSR count). The fourth-order valence-electron chi connectivity index (χ4n) is 1.79. The average molecular weight is 280 g/mol. The molecule has 0 spiro atoms. The van der Waals surface area contributed by atoms with Gasteiger partial charge in [0.25, 0.3) is 0 Å². The van der Waals surface area contributed by atoms with Crippen molar-refractivity contribution in [1.29, 1.82) is 0 Å². The van der Waals surface area contributed by atoms with Crippen LogP contribution in [0.5, 0.6) is 5.75 Å². The van der Waals surface area contributed by atoms with E-state index >= 15 is 0 Å². The molecule has 1 aliphatic rings. The normalized spacial score (nSPS) is 22.1. The van der Waals surface area contributed by atoms with Crippen LogP contribution in [0.3, 0.4) is 0 Å². The van der Waals surface area contributed by atoms with E-state index in [2.05, 4.69) is 0 Å². The predicted octanol–water partition coefficient (Wildman–Crippen LogP) is 2.35. The van der Waals surface area contributed by atoms with Gasteiger partial charge in [0, 0.05) is 0 Å². The van der Waals surface area contributed by atoms with Crippen molar-refractivity contribution in [2.75, 3.05) is 6.61 Å². The van der Waals surface area contributed by atoms with E-state index in [-0.39, 0.29) is 10.6 Å². The Morgan fingerprint density at radius 3 is 2.61 bits per heavy atom. The monoisotopic (exact) mass is 280 g/mol. The van der Waals surface area contributed by atoms with E-state index in [1.165, 1.54) is 12.1 Å². The molecule has 0 aliphatic carbocycles. The number of rotatable bonds is 1. The van der Waals surface area contributed by atoms with Crippen LogP contribution in [-0.2, 0) is 16.3 Å². The van der Waals surface area contributed by atoms with E-state index in [0.29, 0.717) is 12.0 Å². The molecule has 0 amide bonds. The van der Waals surface area contributed by atoms with Gasteiger partial charge in [0.1, 0.15) is 17.3 Å². The first kappa shape index (κ1) is 13.2. The van der Waals surface area contributed by atoms with Crippen LogP contribution in [0.15, 0.2) is 23.1 Å². The first-order valence-corrected chi connectivity index (χ1v) is 6.87. The molecule has 0 N–H and O–H groups in total. The summed E-state index contributed by atoms with van der Waals surface area (Å²) in [5.74, 6) is -0.00676. The van der Waals surface area contributed by atoms with E-state index in [9.17, 15) is 21.6 Å². The standard InChI is InChI=1S/C11H11F3O3S/c1-2-7-3-4-8-9(5-7)18(15,16)10(6-17-8)11(12,13)14/h3-5,10H,2,6H2,1H3. The van der Waals surface area contributed by atoms with Crippen LogP contribution in [-0.4, -0.2) is 26.5 Å². The third kappa shape index (κ3) is 2.07. The van der Waals surface area contributed by atoms with E-state index in [0.717, 1.165) is 0 Å². The lowest BCUT2D eigenvalue weighted by molar-refractivity contribution is -0.136. The van der Waals surface area contributed by atoms with Crippen LogP contribution in [0.4, 0.5) is 13.2 Å². The maximum Gasteiger partial charge on any atom is 0.409 e. The Kier molecular flexibility index (Phi) is 3.04. The maximum absolute atomic E-state index is 12.7. The number of fused-ring (bicyclic) bond motifs is 1. The summed E-state index contributed by atoms with van der Waals surface area (Å²) < 4.78 is 66.7. The lowest BCUT2D eigenvalue weighted by Gasteiger charge is -2.27. The SMILES string of the molecule is CCc1ccc2c(c1)S(=O)(=O)C(C(F)(F)F)CO2. The minimum atomic E-state index is -4.82. The minimum Gasteiger partial charge on any atom is -0.490 e. The fraction of sp³-hybridized carbons (Fsp3) is 0.455. The van der Waals surface area contributed by atoms with Gasteiger partial charge in [-0.1, -0.05) is 13.0 Å². The van der Waals surface area contributed by atoms with Gasteiger partial charge in [0.15, 0.2) is 15.1 Å². The molecule has 7 heteroatoms. The van der Waals surface area contributed by atoms with Gasteiger partial charge in [0.2, 0.25) is 0 Å². The van der Waals surface area contributed by atoms with Crippen LogP contribution >= 0.6 is 0 Å². The van der Waals surface area contributed by atoms with Crippen molar-refractivity contribution in [1.82, 2.24) is 0 Å². The van der Waals surface area contributed by atoms with Crippen molar-refractivity contribution in [3.05, 3.63) is 23.8 Å². The Morgan fingerprint density at radius 1 is 1.39 bits per heavy atom. The second kappa shape index (κ2) is 4.15. The Morgan fingerprint density at radius 2 is 2.06 bits per heavy atom. The predicted molar refractivity (Wildman–Crippen MR) is 58.3 cm³/mol. The van der Waals surface area contributed by atoms with Gasteiger partial charge in [-0.05, 0) is 24.1 Å². The summed E-state index contributed by atoms with van der Waals surface area (Å²) >= 11 is 0. The van der Waals surface area contributed by atoms with Crippen molar-refractivity contribution >= 4 is 9.84 Å². The molecular weight excluding hydrogens is 269 g/mol. The molecule has 0 radical (unpaired) electrons. The van der Waals surface area contributed by atoms with Gasteiger partial charge in [0.05, 0.1) is 0 Å². The molecule has 0 bridgehead atoms. The fourth-order valence-corrected chi connectivity index (χ4v) is 3.42. The molecule has 0 saturated carbocycles. The number of ether oxygens (including phenoxy) is 1. The van der Waals surface area contributed by atoms with E-state index in [4.69, 9.17) is 4.74 Å². The Bertz CT molecular complexity index is 563. The van der Waals surface area contributed by atoms with E-state index in [1.54, 1.807) is 13.0 Å². The Labute approximate surface area is 102 Å². The third-order valence-electron chi connectivity index (χ3n) is 2.85. The number of sulfone groups is 1. The third-order valence-corrected chi connectivity index (χ3v) is 4.94. The first-order chi connectivity index (χ1) is 8.26. The molecule has 0 fully saturated rings. The number of hydrogen-bond acceptors (Lipinski definition) is 3. The zero-order valence-electron chi connectivity index (χ0n) is 9.49.